The molecule has 0 unspecified atom stereocenters. The zero-order valence-corrected chi connectivity index (χ0v) is 16.2. The Morgan fingerprint density at radius 2 is 1.82 bits per heavy atom. The molecule has 2 aliphatic carbocycles. The molecule has 2 aromatic carbocycles. The van der Waals surface area contributed by atoms with Crippen LogP contribution in [0.4, 0.5) is 4.39 Å². The van der Waals surface area contributed by atoms with Gasteiger partial charge < -0.3 is 14.2 Å². The number of halogens is 1. The number of fused-ring (bicyclic) bond motifs is 1. The highest BCUT2D eigenvalue weighted by molar-refractivity contribution is 5.93. The van der Waals surface area contributed by atoms with E-state index in [-0.39, 0.29) is 29.8 Å². The fourth-order valence-electron chi connectivity index (χ4n) is 4.56. The van der Waals surface area contributed by atoms with Gasteiger partial charge in [0.2, 0.25) is 0 Å². The molecule has 0 N–H and O–H groups in total. The summed E-state index contributed by atoms with van der Waals surface area (Å²) in [4.78, 5) is 12.6. The molecule has 0 bridgehead atoms. The Hall–Kier alpha value is -2.56. The average molecular weight is 384 g/mol. The van der Waals surface area contributed by atoms with Gasteiger partial charge in [-0.1, -0.05) is 43.7 Å². The quantitative estimate of drug-likeness (QED) is 0.630. The lowest BCUT2D eigenvalue weighted by Crippen LogP contribution is -2.17. The number of hydrogen-bond acceptors (Lipinski definition) is 4. The lowest BCUT2D eigenvalue weighted by atomic mass is 10.1. The minimum Gasteiger partial charge on any atom is -0.496 e. The van der Waals surface area contributed by atoms with Crippen LogP contribution >= 0.6 is 0 Å². The maximum Gasteiger partial charge on any atom is 0.342 e. The van der Waals surface area contributed by atoms with Gasteiger partial charge in [-0.3, -0.25) is 0 Å². The van der Waals surface area contributed by atoms with E-state index in [0.717, 1.165) is 24.3 Å². The van der Waals surface area contributed by atoms with Crippen molar-refractivity contribution in [2.75, 3.05) is 7.11 Å². The second-order valence-electron chi connectivity index (χ2n) is 7.66. The molecule has 0 radical (unpaired) electrons. The van der Waals surface area contributed by atoms with Crippen molar-refractivity contribution in [3.63, 3.8) is 0 Å². The predicted octanol–water partition coefficient (Wildman–Crippen LogP) is 5.00. The molecule has 4 rings (SSSR count). The molecule has 2 fully saturated rings. The standard InChI is InChI=1S/C23H25FO4/c1-3-16-17-9-15(10-18(16)17)28-22-11-19(21(26-2)12-20(22)24)23(25)27-13-14-7-5-4-6-8-14/h4-8,11-12,15-18H,3,9-10,13H2,1-2H3/t15-,16+,17+,18-. The van der Waals surface area contributed by atoms with Gasteiger partial charge in [0.05, 0.1) is 13.2 Å². The Morgan fingerprint density at radius 3 is 2.46 bits per heavy atom. The molecule has 148 valence electrons. The SMILES string of the molecule is CC[C@@H]1[C@H]2C[C@H](Oc3cc(C(=O)OCc4ccccc4)c(OC)cc3F)C[C@@H]12. The summed E-state index contributed by atoms with van der Waals surface area (Å²) in [5, 5.41) is 0. The number of ether oxygens (including phenoxy) is 3. The molecular formula is C23H25FO4. The lowest BCUT2D eigenvalue weighted by Gasteiger charge is -2.18. The van der Waals surface area contributed by atoms with Crippen LogP contribution in [0.3, 0.4) is 0 Å². The smallest absolute Gasteiger partial charge is 0.342 e. The highest BCUT2D eigenvalue weighted by atomic mass is 19.1. The van der Waals surface area contributed by atoms with Crippen molar-refractivity contribution >= 4 is 5.97 Å². The van der Waals surface area contributed by atoms with Gasteiger partial charge >= 0.3 is 5.97 Å². The van der Waals surface area contributed by atoms with Crippen molar-refractivity contribution in [3.8, 4) is 11.5 Å². The minimum atomic E-state index is -0.564. The molecule has 2 saturated carbocycles. The van der Waals surface area contributed by atoms with Crippen molar-refractivity contribution in [2.24, 2.45) is 17.8 Å². The van der Waals surface area contributed by atoms with Crippen LogP contribution < -0.4 is 9.47 Å². The Bertz CT molecular complexity index is 839. The summed E-state index contributed by atoms with van der Waals surface area (Å²) in [6.45, 7) is 2.36. The van der Waals surface area contributed by atoms with Crippen molar-refractivity contribution < 1.29 is 23.4 Å². The van der Waals surface area contributed by atoms with Gasteiger partial charge in [-0.25, -0.2) is 9.18 Å². The highest BCUT2D eigenvalue weighted by Crippen LogP contribution is 2.59. The Morgan fingerprint density at radius 1 is 1.11 bits per heavy atom. The first kappa shape index (κ1) is 18.8. The fourth-order valence-corrected chi connectivity index (χ4v) is 4.56. The van der Waals surface area contributed by atoms with Crippen LogP contribution in [-0.4, -0.2) is 19.2 Å². The number of methoxy groups -OCH3 is 1. The van der Waals surface area contributed by atoms with Gasteiger partial charge in [-0.2, -0.15) is 0 Å². The summed E-state index contributed by atoms with van der Waals surface area (Å²) in [6.07, 6.45) is 3.13. The van der Waals surface area contributed by atoms with Crippen LogP contribution in [0.2, 0.25) is 0 Å². The number of carbonyl (C=O) groups is 1. The van der Waals surface area contributed by atoms with E-state index in [4.69, 9.17) is 14.2 Å². The first-order valence-electron chi connectivity index (χ1n) is 9.86. The zero-order chi connectivity index (χ0) is 19.7. The number of carbonyl (C=O) groups excluding carboxylic acids is 1. The van der Waals surface area contributed by atoms with Crippen molar-refractivity contribution in [3.05, 3.63) is 59.4 Å². The summed E-state index contributed by atoms with van der Waals surface area (Å²) in [6, 6.07) is 12.0. The predicted molar refractivity (Wildman–Crippen MR) is 103 cm³/mol. The summed E-state index contributed by atoms with van der Waals surface area (Å²) in [7, 11) is 1.40. The molecule has 2 aromatic rings. The van der Waals surface area contributed by atoms with Crippen molar-refractivity contribution in [2.45, 2.75) is 38.9 Å². The van der Waals surface area contributed by atoms with E-state index in [1.165, 1.54) is 25.7 Å². The molecule has 0 saturated heterocycles. The average Bonchev–Trinajstić information content (AvgIpc) is 3.20. The first-order chi connectivity index (χ1) is 13.6. The molecule has 28 heavy (non-hydrogen) atoms. The Kier molecular flexibility index (Phi) is 5.25. The molecule has 0 spiro atoms. The van der Waals surface area contributed by atoms with Gasteiger partial charge in [0.15, 0.2) is 11.6 Å². The van der Waals surface area contributed by atoms with E-state index in [1.54, 1.807) is 0 Å². The molecule has 4 atom stereocenters. The third kappa shape index (κ3) is 3.71. The summed E-state index contributed by atoms with van der Waals surface area (Å²) in [5.41, 5.74) is 1.05. The maximum absolute atomic E-state index is 14.5. The van der Waals surface area contributed by atoms with Gasteiger partial charge in [0.1, 0.15) is 17.9 Å². The van der Waals surface area contributed by atoms with E-state index in [1.807, 2.05) is 30.3 Å². The Labute approximate surface area is 164 Å². The second-order valence-corrected chi connectivity index (χ2v) is 7.66. The zero-order valence-electron chi connectivity index (χ0n) is 16.2. The summed E-state index contributed by atoms with van der Waals surface area (Å²) >= 11 is 0. The van der Waals surface area contributed by atoms with Gasteiger partial charge in [-0.05, 0) is 36.2 Å². The van der Waals surface area contributed by atoms with Gasteiger partial charge in [0, 0.05) is 12.1 Å². The second kappa shape index (κ2) is 7.82. The third-order valence-electron chi connectivity index (χ3n) is 6.03. The van der Waals surface area contributed by atoms with E-state index >= 15 is 0 Å². The molecule has 5 heteroatoms. The molecular weight excluding hydrogens is 359 g/mol. The number of benzene rings is 2. The van der Waals surface area contributed by atoms with E-state index < -0.39 is 11.8 Å². The molecule has 0 aromatic heterocycles. The largest absolute Gasteiger partial charge is 0.496 e. The van der Waals surface area contributed by atoms with Crippen LogP contribution in [0.5, 0.6) is 11.5 Å². The minimum absolute atomic E-state index is 0.00823. The lowest BCUT2D eigenvalue weighted by molar-refractivity contribution is 0.0468. The van der Waals surface area contributed by atoms with Crippen LogP contribution in [0.1, 0.15) is 42.1 Å². The number of hydrogen-bond donors (Lipinski definition) is 0. The van der Waals surface area contributed by atoms with E-state index in [9.17, 15) is 9.18 Å². The van der Waals surface area contributed by atoms with Crippen LogP contribution in [0, 0.1) is 23.6 Å². The molecule has 2 aliphatic rings. The molecule has 4 nitrogen and oxygen atoms in total. The third-order valence-corrected chi connectivity index (χ3v) is 6.03. The fraction of sp³-hybridized carbons (Fsp3) is 0.435. The van der Waals surface area contributed by atoms with Crippen LogP contribution in [0.25, 0.3) is 0 Å². The summed E-state index contributed by atoms with van der Waals surface area (Å²) in [5.74, 6) is 1.38. The van der Waals surface area contributed by atoms with Crippen molar-refractivity contribution in [1.82, 2.24) is 0 Å². The van der Waals surface area contributed by atoms with E-state index in [0.29, 0.717) is 11.8 Å². The number of esters is 1. The topological polar surface area (TPSA) is 44.8 Å². The van der Waals surface area contributed by atoms with Gasteiger partial charge in [0.25, 0.3) is 0 Å². The van der Waals surface area contributed by atoms with Crippen molar-refractivity contribution in [1.29, 1.82) is 0 Å². The summed E-state index contributed by atoms with van der Waals surface area (Å²) < 4.78 is 31.0. The molecule has 0 aliphatic heterocycles. The van der Waals surface area contributed by atoms with E-state index in [2.05, 4.69) is 6.92 Å². The molecule has 0 amide bonds. The highest BCUT2D eigenvalue weighted by Gasteiger charge is 2.55. The maximum atomic E-state index is 14.5. The molecule has 0 heterocycles. The first-order valence-corrected chi connectivity index (χ1v) is 9.86. The van der Waals surface area contributed by atoms with Gasteiger partial charge in [-0.15, -0.1) is 0 Å². The number of rotatable bonds is 7. The monoisotopic (exact) mass is 384 g/mol. The van der Waals surface area contributed by atoms with Crippen LogP contribution in [0.15, 0.2) is 42.5 Å². The Balaban J connectivity index is 1.45. The normalized spacial score (nSPS) is 25.1. The van der Waals surface area contributed by atoms with Crippen LogP contribution in [-0.2, 0) is 11.3 Å².